The van der Waals surface area contributed by atoms with Crippen LogP contribution in [-0.2, 0) is 4.74 Å². The molecule has 1 aromatic rings. The van der Waals surface area contributed by atoms with Gasteiger partial charge in [-0.1, -0.05) is 0 Å². The van der Waals surface area contributed by atoms with E-state index in [0.29, 0.717) is 0 Å². The number of nitrogens with one attached hydrogen (secondary N) is 2. The lowest BCUT2D eigenvalue weighted by Gasteiger charge is -2.23. The van der Waals surface area contributed by atoms with Gasteiger partial charge in [-0.3, -0.25) is 0 Å². The number of H-pyrrole nitrogens is 1. The standard InChI is InChI=1S/C12H20N2O.ClH/c1-10(12-3-2-6-14-12)15-9-11-4-7-13-8-5-11;/h2-3,6,10-11,13-14H,4-5,7-9H2,1H3;1H. The van der Waals surface area contributed by atoms with Crippen LogP contribution in [0.2, 0.25) is 0 Å². The molecule has 16 heavy (non-hydrogen) atoms. The summed E-state index contributed by atoms with van der Waals surface area (Å²) in [6.45, 7) is 5.28. The maximum Gasteiger partial charge on any atom is 0.0944 e. The summed E-state index contributed by atoms with van der Waals surface area (Å²) in [5.74, 6) is 0.740. The molecule has 2 heterocycles. The summed E-state index contributed by atoms with van der Waals surface area (Å²) in [6, 6.07) is 4.09. The van der Waals surface area contributed by atoms with E-state index in [2.05, 4.69) is 23.3 Å². The highest BCUT2D eigenvalue weighted by Gasteiger charge is 2.15. The second-order valence-electron chi connectivity index (χ2n) is 4.29. The van der Waals surface area contributed by atoms with Crippen molar-refractivity contribution in [2.75, 3.05) is 19.7 Å². The van der Waals surface area contributed by atoms with Gasteiger partial charge in [0.1, 0.15) is 0 Å². The van der Waals surface area contributed by atoms with Crippen LogP contribution < -0.4 is 5.32 Å². The Hall–Kier alpha value is -0.510. The van der Waals surface area contributed by atoms with Gasteiger partial charge in [0.15, 0.2) is 0 Å². The number of hydrogen-bond donors (Lipinski definition) is 2. The van der Waals surface area contributed by atoms with Crippen LogP contribution in [0.25, 0.3) is 0 Å². The summed E-state index contributed by atoms with van der Waals surface area (Å²) < 4.78 is 5.87. The van der Waals surface area contributed by atoms with Crippen molar-refractivity contribution in [3.05, 3.63) is 24.0 Å². The van der Waals surface area contributed by atoms with Crippen LogP contribution in [0.3, 0.4) is 0 Å². The van der Waals surface area contributed by atoms with Crippen molar-refractivity contribution in [3.63, 3.8) is 0 Å². The van der Waals surface area contributed by atoms with E-state index in [0.717, 1.165) is 25.6 Å². The van der Waals surface area contributed by atoms with Crippen molar-refractivity contribution in [2.24, 2.45) is 5.92 Å². The average molecular weight is 245 g/mol. The van der Waals surface area contributed by atoms with E-state index >= 15 is 0 Å². The zero-order valence-electron chi connectivity index (χ0n) is 9.74. The molecule has 1 aromatic heterocycles. The minimum Gasteiger partial charge on any atom is -0.372 e. The van der Waals surface area contributed by atoms with E-state index < -0.39 is 0 Å². The highest BCUT2D eigenvalue weighted by atomic mass is 35.5. The first kappa shape index (κ1) is 13.6. The van der Waals surface area contributed by atoms with Gasteiger partial charge in [0.25, 0.3) is 0 Å². The molecule has 0 spiro atoms. The molecule has 2 rings (SSSR count). The van der Waals surface area contributed by atoms with Crippen molar-refractivity contribution in [1.29, 1.82) is 0 Å². The number of aromatic nitrogens is 1. The van der Waals surface area contributed by atoms with Gasteiger partial charge in [-0.05, 0) is 50.9 Å². The third-order valence-electron chi connectivity index (χ3n) is 3.10. The van der Waals surface area contributed by atoms with E-state index in [-0.39, 0.29) is 18.5 Å². The van der Waals surface area contributed by atoms with Crippen LogP contribution in [0.15, 0.2) is 18.3 Å². The van der Waals surface area contributed by atoms with Gasteiger partial charge < -0.3 is 15.0 Å². The highest BCUT2D eigenvalue weighted by molar-refractivity contribution is 5.85. The average Bonchev–Trinajstić information content (AvgIpc) is 2.81. The molecule has 0 bridgehead atoms. The Labute approximate surface area is 103 Å². The topological polar surface area (TPSA) is 37.0 Å². The molecule has 2 N–H and O–H groups in total. The second kappa shape index (κ2) is 6.94. The van der Waals surface area contributed by atoms with Crippen LogP contribution in [0.5, 0.6) is 0 Å². The van der Waals surface area contributed by atoms with E-state index in [1.807, 2.05) is 12.3 Å². The van der Waals surface area contributed by atoms with Crippen LogP contribution in [0.4, 0.5) is 0 Å². The normalized spacial score (nSPS) is 19.1. The second-order valence-corrected chi connectivity index (χ2v) is 4.29. The molecule has 3 nitrogen and oxygen atoms in total. The molecule has 0 aromatic carbocycles. The third-order valence-corrected chi connectivity index (χ3v) is 3.10. The van der Waals surface area contributed by atoms with Gasteiger partial charge in [-0.15, -0.1) is 12.4 Å². The molecular weight excluding hydrogens is 224 g/mol. The molecule has 0 radical (unpaired) electrons. The van der Waals surface area contributed by atoms with Crippen LogP contribution in [0, 0.1) is 5.92 Å². The number of rotatable bonds is 4. The Bertz CT molecular complexity index is 271. The first-order valence-electron chi connectivity index (χ1n) is 5.82. The van der Waals surface area contributed by atoms with Crippen LogP contribution in [-0.4, -0.2) is 24.7 Å². The molecule has 0 saturated carbocycles. The minimum absolute atomic E-state index is 0. The van der Waals surface area contributed by atoms with Crippen LogP contribution >= 0.6 is 12.4 Å². The van der Waals surface area contributed by atoms with E-state index in [1.165, 1.54) is 18.5 Å². The van der Waals surface area contributed by atoms with Gasteiger partial charge in [0.05, 0.1) is 12.7 Å². The zero-order chi connectivity index (χ0) is 10.5. The number of halogens is 1. The fourth-order valence-electron chi connectivity index (χ4n) is 2.02. The summed E-state index contributed by atoms with van der Waals surface area (Å²) >= 11 is 0. The van der Waals surface area contributed by atoms with Crippen molar-refractivity contribution >= 4 is 12.4 Å². The molecule has 1 aliphatic heterocycles. The maximum absolute atomic E-state index is 5.87. The number of piperidine rings is 1. The molecule has 1 unspecified atom stereocenters. The highest BCUT2D eigenvalue weighted by Crippen LogP contribution is 2.18. The fraction of sp³-hybridized carbons (Fsp3) is 0.667. The largest absolute Gasteiger partial charge is 0.372 e. The predicted octanol–water partition coefficient (Wildman–Crippen LogP) is 2.51. The molecule has 1 fully saturated rings. The Kier molecular flexibility index (Phi) is 5.88. The van der Waals surface area contributed by atoms with E-state index in [4.69, 9.17) is 4.74 Å². The molecule has 1 atom stereocenters. The Morgan fingerprint density at radius 2 is 2.19 bits per heavy atom. The van der Waals surface area contributed by atoms with Crippen molar-refractivity contribution in [2.45, 2.75) is 25.9 Å². The smallest absolute Gasteiger partial charge is 0.0944 e. The van der Waals surface area contributed by atoms with Crippen molar-refractivity contribution < 1.29 is 4.74 Å². The summed E-state index contributed by atoms with van der Waals surface area (Å²) in [6.07, 6.45) is 4.63. The Morgan fingerprint density at radius 1 is 1.44 bits per heavy atom. The molecule has 0 amide bonds. The number of aromatic amines is 1. The Balaban J connectivity index is 0.00000128. The lowest BCUT2D eigenvalue weighted by Crippen LogP contribution is -2.30. The molecule has 1 aliphatic rings. The summed E-state index contributed by atoms with van der Waals surface area (Å²) in [4.78, 5) is 3.19. The van der Waals surface area contributed by atoms with Gasteiger partial charge in [0, 0.05) is 11.9 Å². The fourth-order valence-corrected chi connectivity index (χ4v) is 2.02. The SMILES string of the molecule is CC(OCC1CCNCC1)c1ccc[nH]1.Cl. The van der Waals surface area contributed by atoms with Crippen molar-refractivity contribution in [3.8, 4) is 0 Å². The zero-order valence-corrected chi connectivity index (χ0v) is 10.6. The first-order chi connectivity index (χ1) is 7.36. The molecule has 0 aliphatic carbocycles. The van der Waals surface area contributed by atoms with E-state index in [9.17, 15) is 0 Å². The van der Waals surface area contributed by atoms with Gasteiger partial charge in [-0.25, -0.2) is 0 Å². The van der Waals surface area contributed by atoms with Crippen LogP contribution in [0.1, 0.15) is 31.6 Å². The molecule has 4 heteroatoms. The van der Waals surface area contributed by atoms with Gasteiger partial charge in [0.2, 0.25) is 0 Å². The predicted molar refractivity (Wildman–Crippen MR) is 68.0 cm³/mol. The minimum atomic E-state index is 0. The number of ether oxygens (including phenoxy) is 1. The lowest BCUT2D eigenvalue weighted by atomic mass is 9.99. The van der Waals surface area contributed by atoms with Gasteiger partial charge in [-0.2, -0.15) is 0 Å². The van der Waals surface area contributed by atoms with Crippen molar-refractivity contribution in [1.82, 2.24) is 10.3 Å². The Morgan fingerprint density at radius 3 is 2.81 bits per heavy atom. The number of hydrogen-bond acceptors (Lipinski definition) is 2. The first-order valence-corrected chi connectivity index (χ1v) is 5.82. The summed E-state index contributed by atoms with van der Waals surface area (Å²) in [7, 11) is 0. The molecule has 92 valence electrons. The molecular formula is C12H21ClN2O. The summed E-state index contributed by atoms with van der Waals surface area (Å²) in [5, 5.41) is 3.37. The quantitative estimate of drug-likeness (QED) is 0.854. The monoisotopic (exact) mass is 244 g/mol. The molecule has 1 saturated heterocycles. The lowest BCUT2D eigenvalue weighted by molar-refractivity contribution is 0.0299. The maximum atomic E-state index is 5.87. The van der Waals surface area contributed by atoms with E-state index in [1.54, 1.807) is 0 Å². The van der Waals surface area contributed by atoms with Gasteiger partial charge >= 0.3 is 0 Å². The third kappa shape index (κ3) is 3.81. The summed E-state index contributed by atoms with van der Waals surface area (Å²) in [5.41, 5.74) is 1.17.